The Morgan fingerprint density at radius 3 is 2.55 bits per heavy atom. The molecule has 4 aromatic rings. The van der Waals surface area contributed by atoms with E-state index in [9.17, 15) is 0 Å². The Morgan fingerprint density at radius 2 is 1.71 bits per heavy atom. The number of methoxy groups -OCH3 is 1. The van der Waals surface area contributed by atoms with E-state index in [2.05, 4.69) is 102 Å². The highest BCUT2D eigenvalue weighted by Gasteiger charge is 2.13. The molecule has 0 saturated carbocycles. The van der Waals surface area contributed by atoms with Crippen molar-refractivity contribution in [3.05, 3.63) is 99.5 Å². The SMILES string of the molecule is COc1cc(CNc2cc(C)ccc2C)cc(Br)c1OCc1cccc2ccccc12. The third kappa shape index (κ3) is 4.86. The zero-order valence-electron chi connectivity index (χ0n) is 18.0. The van der Waals surface area contributed by atoms with Gasteiger partial charge in [-0.15, -0.1) is 0 Å². The first-order valence-corrected chi connectivity index (χ1v) is 11.1. The third-order valence-corrected chi connectivity index (χ3v) is 6.01. The van der Waals surface area contributed by atoms with Gasteiger partial charge in [0.15, 0.2) is 11.5 Å². The summed E-state index contributed by atoms with van der Waals surface area (Å²) >= 11 is 3.68. The summed E-state index contributed by atoms with van der Waals surface area (Å²) in [5.74, 6) is 1.43. The first kappa shape index (κ1) is 21.3. The van der Waals surface area contributed by atoms with E-state index in [4.69, 9.17) is 9.47 Å². The van der Waals surface area contributed by atoms with Crippen molar-refractivity contribution in [1.29, 1.82) is 0 Å². The van der Waals surface area contributed by atoms with Crippen LogP contribution in [0.1, 0.15) is 22.3 Å². The highest BCUT2D eigenvalue weighted by molar-refractivity contribution is 9.10. The quantitative estimate of drug-likeness (QED) is 0.301. The lowest BCUT2D eigenvalue weighted by atomic mass is 10.1. The zero-order valence-corrected chi connectivity index (χ0v) is 19.6. The molecule has 0 unspecified atom stereocenters. The molecule has 31 heavy (non-hydrogen) atoms. The summed E-state index contributed by atoms with van der Waals surface area (Å²) < 4.78 is 12.7. The van der Waals surface area contributed by atoms with Crippen LogP contribution in [0.4, 0.5) is 5.69 Å². The highest BCUT2D eigenvalue weighted by Crippen LogP contribution is 2.38. The highest BCUT2D eigenvalue weighted by atomic mass is 79.9. The Hall–Kier alpha value is -2.98. The van der Waals surface area contributed by atoms with Gasteiger partial charge in [0.2, 0.25) is 0 Å². The summed E-state index contributed by atoms with van der Waals surface area (Å²) in [7, 11) is 1.68. The van der Waals surface area contributed by atoms with Crippen molar-refractivity contribution in [3.63, 3.8) is 0 Å². The second-order valence-electron chi connectivity index (χ2n) is 7.71. The van der Waals surface area contributed by atoms with Gasteiger partial charge in [0, 0.05) is 12.2 Å². The van der Waals surface area contributed by atoms with Crippen molar-refractivity contribution in [2.24, 2.45) is 0 Å². The molecule has 1 N–H and O–H groups in total. The average molecular weight is 476 g/mol. The summed E-state index contributed by atoms with van der Waals surface area (Å²) in [5.41, 5.74) is 5.87. The van der Waals surface area contributed by atoms with Gasteiger partial charge in [-0.05, 0) is 81.0 Å². The van der Waals surface area contributed by atoms with Crippen LogP contribution in [0.2, 0.25) is 0 Å². The number of halogens is 1. The molecular weight excluding hydrogens is 450 g/mol. The fourth-order valence-corrected chi connectivity index (χ4v) is 4.31. The Labute approximate surface area is 192 Å². The third-order valence-electron chi connectivity index (χ3n) is 5.42. The smallest absolute Gasteiger partial charge is 0.175 e. The van der Waals surface area contributed by atoms with Crippen molar-refractivity contribution in [2.45, 2.75) is 27.0 Å². The van der Waals surface area contributed by atoms with Crippen molar-refractivity contribution < 1.29 is 9.47 Å². The number of benzene rings is 4. The molecule has 0 amide bonds. The van der Waals surface area contributed by atoms with Gasteiger partial charge in [-0.3, -0.25) is 0 Å². The van der Waals surface area contributed by atoms with Crippen LogP contribution in [0.25, 0.3) is 10.8 Å². The van der Waals surface area contributed by atoms with E-state index in [1.807, 2.05) is 6.07 Å². The van der Waals surface area contributed by atoms with Gasteiger partial charge in [-0.1, -0.05) is 54.6 Å². The minimum absolute atomic E-state index is 0.469. The molecule has 4 aromatic carbocycles. The molecule has 158 valence electrons. The van der Waals surface area contributed by atoms with Crippen LogP contribution in [0.3, 0.4) is 0 Å². The van der Waals surface area contributed by atoms with Gasteiger partial charge in [0.1, 0.15) is 6.61 Å². The number of ether oxygens (including phenoxy) is 2. The zero-order chi connectivity index (χ0) is 21.8. The van der Waals surface area contributed by atoms with E-state index < -0.39 is 0 Å². The molecule has 0 aliphatic carbocycles. The number of fused-ring (bicyclic) bond motifs is 1. The molecule has 0 bridgehead atoms. The van der Waals surface area contributed by atoms with Crippen LogP contribution in [-0.4, -0.2) is 7.11 Å². The van der Waals surface area contributed by atoms with Crippen LogP contribution in [-0.2, 0) is 13.2 Å². The van der Waals surface area contributed by atoms with Crippen LogP contribution in [0.5, 0.6) is 11.5 Å². The van der Waals surface area contributed by atoms with Crippen LogP contribution in [0.15, 0.2) is 77.3 Å². The van der Waals surface area contributed by atoms with Gasteiger partial charge >= 0.3 is 0 Å². The Balaban J connectivity index is 1.53. The second-order valence-corrected chi connectivity index (χ2v) is 8.56. The van der Waals surface area contributed by atoms with Crippen LogP contribution < -0.4 is 14.8 Å². The summed E-state index contributed by atoms with van der Waals surface area (Å²) in [6.07, 6.45) is 0. The van der Waals surface area contributed by atoms with Crippen molar-refractivity contribution >= 4 is 32.4 Å². The maximum Gasteiger partial charge on any atom is 0.175 e. The van der Waals surface area contributed by atoms with E-state index in [0.717, 1.165) is 21.3 Å². The normalized spacial score (nSPS) is 10.8. The first-order chi connectivity index (χ1) is 15.0. The predicted octanol–water partition coefficient (Wildman–Crippen LogP) is 7.42. The molecule has 0 saturated heterocycles. The fraction of sp³-hybridized carbons (Fsp3) is 0.185. The number of rotatable bonds is 7. The Morgan fingerprint density at radius 1 is 0.903 bits per heavy atom. The van der Waals surface area contributed by atoms with Crippen molar-refractivity contribution in [1.82, 2.24) is 0 Å². The lowest BCUT2D eigenvalue weighted by Gasteiger charge is -2.16. The topological polar surface area (TPSA) is 30.5 Å². The number of aryl methyl sites for hydroxylation is 2. The van der Waals surface area contributed by atoms with Gasteiger partial charge in [-0.25, -0.2) is 0 Å². The van der Waals surface area contributed by atoms with E-state index in [1.54, 1.807) is 7.11 Å². The van der Waals surface area contributed by atoms with Crippen molar-refractivity contribution in [3.8, 4) is 11.5 Å². The number of hydrogen-bond donors (Lipinski definition) is 1. The summed E-state index contributed by atoms with van der Waals surface area (Å²) in [5, 5.41) is 5.94. The van der Waals surface area contributed by atoms with E-state index in [0.29, 0.717) is 24.7 Å². The maximum absolute atomic E-state index is 6.21. The predicted molar refractivity (Wildman–Crippen MR) is 132 cm³/mol. The minimum Gasteiger partial charge on any atom is -0.493 e. The standard InChI is InChI=1S/C27H26BrNO2/c1-18-11-12-19(2)25(13-18)29-16-20-14-24(28)27(26(15-20)30-3)31-17-22-9-6-8-21-7-4-5-10-23(21)22/h4-15,29H,16-17H2,1-3H3. The van der Waals surface area contributed by atoms with Crippen LogP contribution >= 0.6 is 15.9 Å². The monoisotopic (exact) mass is 475 g/mol. The molecule has 3 nitrogen and oxygen atoms in total. The summed E-state index contributed by atoms with van der Waals surface area (Å²) in [4.78, 5) is 0. The van der Waals surface area contributed by atoms with Gasteiger partial charge in [-0.2, -0.15) is 0 Å². The molecule has 0 heterocycles. The molecule has 0 fully saturated rings. The molecule has 0 spiro atoms. The van der Waals surface area contributed by atoms with E-state index in [-0.39, 0.29) is 0 Å². The van der Waals surface area contributed by atoms with Crippen molar-refractivity contribution in [2.75, 3.05) is 12.4 Å². The van der Waals surface area contributed by atoms with E-state index in [1.165, 1.54) is 21.9 Å². The number of anilines is 1. The van der Waals surface area contributed by atoms with E-state index >= 15 is 0 Å². The molecule has 4 heteroatoms. The minimum atomic E-state index is 0.469. The number of hydrogen-bond acceptors (Lipinski definition) is 3. The second kappa shape index (κ2) is 9.44. The lowest BCUT2D eigenvalue weighted by molar-refractivity contribution is 0.283. The molecule has 0 aliphatic heterocycles. The van der Waals surface area contributed by atoms with Gasteiger partial charge < -0.3 is 14.8 Å². The summed E-state index contributed by atoms with van der Waals surface area (Å²) in [6, 6.07) is 25.2. The Bertz CT molecular complexity index is 1210. The molecule has 0 aromatic heterocycles. The molecule has 0 aliphatic rings. The van der Waals surface area contributed by atoms with Gasteiger partial charge in [0.05, 0.1) is 11.6 Å². The van der Waals surface area contributed by atoms with Gasteiger partial charge in [0.25, 0.3) is 0 Å². The fourth-order valence-electron chi connectivity index (χ4n) is 3.71. The maximum atomic E-state index is 6.21. The lowest BCUT2D eigenvalue weighted by Crippen LogP contribution is -2.04. The number of nitrogens with one attached hydrogen (secondary N) is 1. The molecular formula is C27H26BrNO2. The van der Waals surface area contributed by atoms with Crippen LogP contribution in [0, 0.1) is 13.8 Å². The molecule has 4 rings (SSSR count). The Kier molecular flexibility index (Phi) is 6.47. The first-order valence-electron chi connectivity index (χ1n) is 10.3. The average Bonchev–Trinajstić information content (AvgIpc) is 2.78. The molecule has 0 radical (unpaired) electrons. The largest absolute Gasteiger partial charge is 0.493 e. The summed E-state index contributed by atoms with van der Waals surface area (Å²) in [6.45, 7) is 5.38. The molecule has 0 atom stereocenters.